The Morgan fingerprint density at radius 1 is 0.889 bits per heavy atom. The van der Waals surface area contributed by atoms with Crippen LogP contribution in [0.2, 0.25) is 0 Å². The Morgan fingerprint density at radius 2 is 1.56 bits per heavy atom. The van der Waals surface area contributed by atoms with Gasteiger partial charge in [-0.1, -0.05) is 11.8 Å². The van der Waals surface area contributed by atoms with Gasteiger partial charge in [0.2, 0.25) is 0 Å². The molecule has 2 aromatic rings. The van der Waals surface area contributed by atoms with Crippen molar-refractivity contribution < 1.29 is 4.74 Å². The molecule has 0 aliphatic carbocycles. The average Bonchev–Trinajstić information content (AvgIpc) is 2.39. The van der Waals surface area contributed by atoms with Crippen LogP contribution < -0.4 is 16.2 Å². The van der Waals surface area contributed by atoms with E-state index >= 15 is 0 Å². The highest BCUT2D eigenvalue weighted by molar-refractivity contribution is 5.56. The van der Waals surface area contributed by atoms with Gasteiger partial charge in [-0.05, 0) is 36.4 Å². The highest BCUT2D eigenvalue weighted by atomic mass is 16.5. The third-order valence-corrected chi connectivity index (χ3v) is 2.48. The van der Waals surface area contributed by atoms with Crippen molar-refractivity contribution in [3.63, 3.8) is 0 Å². The van der Waals surface area contributed by atoms with Crippen LogP contribution in [-0.2, 0) is 0 Å². The van der Waals surface area contributed by atoms with Gasteiger partial charge in [0.1, 0.15) is 5.75 Å². The molecular formula is C15H14N2O. The maximum Gasteiger partial charge on any atom is 0.136 e. The standard InChI is InChI=1S/C15H14N2O/c1-18-15-10-14(17)9-6-12(15)5-2-11-3-7-13(16)8-4-11/h3-4,6-10H,16-17H2,1H3. The first-order valence-electron chi connectivity index (χ1n) is 5.50. The number of nitrogens with two attached hydrogens (primary N) is 2. The van der Waals surface area contributed by atoms with Crippen LogP contribution in [0.4, 0.5) is 11.4 Å². The lowest BCUT2D eigenvalue weighted by Gasteiger charge is -2.03. The second kappa shape index (κ2) is 5.15. The molecule has 0 atom stereocenters. The van der Waals surface area contributed by atoms with Crippen LogP contribution in [0.15, 0.2) is 42.5 Å². The summed E-state index contributed by atoms with van der Waals surface area (Å²) < 4.78 is 5.23. The summed E-state index contributed by atoms with van der Waals surface area (Å²) in [7, 11) is 1.60. The third kappa shape index (κ3) is 2.74. The minimum Gasteiger partial charge on any atom is -0.495 e. The number of anilines is 2. The molecule has 0 radical (unpaired) electrons. The smallest absolute Gasteiger partial charge is 0.136 e. The van der Waals surface area contributed by atoms with E-state index in [-0.39, 0.29) is 0 Å². The molecule has 2 aromatic carbocycles. The summed E-state index contributed by atoms with van der Waals surface area (Å²) >= 11 is 0. The molecule has 2 rings (SSSR count). The lowest BCUT2D eigenvalue weighted by atomic mass is 10.1. The summed E-state index contributed by atoms with van der Waals surface area (Å²) in [5, 5.41) is 0. The van der Waals surface area contributed by atoms with E-state index in [4.69, 9.17) is 16.2 Å². The summed E-state index contributed by atoms with van der Waals surface area (Å²) in [6, 6.07) is 12.8. The van der Waals surface area contributed by atoms with Crippen LogP contribution in [0.3, 0.4) is 0 Å². The summed E-state index contributed by atoms with van der Waals surface area (Å²) in [4.78, 5) is 0. The van der Waals surface area contributed by atoms with Crippen LogP contribution in [-0.4, -0.2) is 7.11 Å². The maximum atomic E-state index is 5.68. The van der Waals surface area contributed by atoms with Crippen LogP contribution in [0.5, 0.6) is 5.75 Å². The van der Waals surface area contributed by atoms with Crippen molar-refractivity contribution in [1.29, 1.82) is 0 Å². The Hall–Kier alpha value is -2.60. The van der Waals surface area contributed by atoms with Gasteiger partial charge in [-0.15, -0.1) is 0 Å². The highest BCUT2D eigenvalue weighted by Gasteiger charge is 1.99. The Kier molecular flexibility index (Phi) is 3.40. The van der Waals surface area contributed by atoms with E-state index in [2.05, 4.69) is 11.8 Å². The molecule has 0 unspecified atom stereocenters. The summed E-state index contributed by atoms with van der Waals surface area (Å²) in [6.45, 7) is 0. The molecule has 0 bridgehead atoms. The van der Waals surface area contributed by atoms with E-state index in [0.29, 0.717) is 11.4 Å². The zero-order valence-corrected chi connectivity index (χ0v) is 10.1. The average molecular weight is 238 g/mol. The highest BCUT2D eigenvalue weighted by Crippen LogP contribution is 2.20. The van der Waals surface area contributed by atoms with Crippen molar-refractivity contribution in [2.45, 2.75) is 0 Å². The van der Waals surface area contributed by atoms with Crippen molar-refractivity contribution >= 4 is 11.4 Å². The largest absolute Gasteiger partial charge is 0.495 e. The van der Waals surface area contributed by atoms with Gasteiger partial charge in [-0.25, -0.2) is 0 Å². The van der Waals surface area contributed by atoms with Crippen LogP contribution in [0, 0.1) is 11.8 Å². The fourth-order valence-corrected chi connectivity index (χ4v) is 1.52. The number of benzene rings is 2. The Labute approximate surface area is 106 Å². The van der Waals surface area contributed by atoms with Crippen LogP contribution in [0.25, 0.3) is 0 Å². The second-order valence-corrected chi connectivity index (χ2v) is 3.83. The zero-order valence-electron chi connectivity index (χ0n) is 10.1. The minimum absolute atomic E-state index is 0.657. The first kappa shape index (κ1) is 11.9. The lowest BCUT2D eigenvalue weighted by molar-refractivity contribution is 0.414. The van der Waals surface area contributed by atoms with Gasteiger partial charge in [-0.3, -0.25) is 0 Å². The Morgan fingerprint density at radius 3 is 2.22 bits per heavy atom. The van der Waals surface area contributed by atoms with Gasteiger partial charge in [0.25, 0.3) is 0 Å². The lowest BCUT2D eigenvalue weighted by Crippen LogP contribution is -1.91. The maximum absolute atomic E-state index is 5.68. The zero-order chi connectivity index (χ0) is 13.0. The van der Waals surface area contributed by atoms with Crippen molar-refractivity contribution in [2.75, 3.05) is 18.6 Å². The predicted molar refractivity (Wildman–Crippen MR) is 74.2 cm³/mol. The topological polar surface area (TPSA) is 61.3 Å². The molecule has 90 valence electrons. The van der Waals surface area contributed by atoms with Crippen molar-refractivity contribution in [1.82, 2.24) is 0 Å². The number of methoxy groups -OCH3 is 1. The van der Waals surface area contributed by atoms with Gasteiger partial charge in [0, 0.05) is 23.0 Å². The van der Waals surface area contributed by atoms with E-state index in [1.807, 2.05) is 30.3 Å². The molecular weight excluding hydrogens is 224 g/mol. The predicted octanol–water partition coefficient (Wildman–Crippen LogP) is 2.26. The fraction of sp³-hybridized carbons (Fsp3) is 0.0667. The van der Waals surface area contributed by atoms with E-state index in [1.54, 1.807) is 19.2 Å². The van der Waals surface area contributed by atoms with Crippen molar-refractivity contribution in [2.24, 2.45) is 0 Å². The van der Waals surface area contributed by atoms with Gasteiger partial charge in [0.15, 0.2) is 0 Å². The molecule has 0 spiro atoms. The summed E-state index contributed by atoms with van der Waals surface area (Å²) in [5.74, 6) is 6.79. The first-order chi connectivity index (χ1) is 8.69. The molecule has 3 heteroatoms. The molecule has 0 aliphatic rings. The van der Waals surface area contributed by atoms with Crippen LogP contribution in [0.1, 0.15) is 11.1 Å². The number of hydrogen-bond acceptors (Lipinski definition) is 3. The molecule has 0 amide bonds. The molecule has 3 nitrogen and oxygen atoms in total. The number of ether oxygens (including phenoxy) is 1. The van der Waals surface area contributed by atoms with Gasteiger partial charge in [0.05, 0.1) is 12.7 Å². The summed E-state index contributed by atoms with van der Waals surface area (Å²) in [6.07, 6.45) is 0. The normalized spacial score (nSPS) is 9.39. The third-order valence-electron chi connectivity index (χ3n) is 2.48. The van der Waals surface area contributed by atoms with E-state index < -0.39 is 0 Å². The molecule has 18 heavy (non-hydrogen) atoms. The SMILES string of the molecule is COc1cc(N)ccc1C#Cc1ccc(N)cc1. The van der Waals surface area contributed by atoms with Gasteiger partial charge >= 0.3 is 0 Å². The molecule has 0 heterocycles. The summed E-state index contributed by atoms with van der Waals surface area (Å²) in [5.41, 5.74) is 14.4. The number of hydrogen-bond donors (Lipinski definition) is 2. The number of rotatable bonds is 1. The second-order valence-electron chi connectivity index (χ2n) is 3.83. The fourth-order valence-electron chi connectivity index (χ4n) is 1.52. The molecule has 0 saturated carbocycles. The monoisotopic (exact) mass is 238 g/mol. The van der Waals surface area contributed by atoms with E-state index in [0.717, 1.165) is 16.8 Å². The van der Waals surface area contributed by atoms with Crippen molar-refractivity contribution in [3.8, 4) is 17.6 Å². The van der Waals surface area contributed by atoms with E-state index in [1.165, 1.54) is 0 Å². The first-order valence-corrected chi connectivity index (χ1v) is 5.50. The Bertz CT molecular complexity index is 607. The van der Waals surface area contributed by atoms with Gasteiger partial charge in [-0.2, -0.15) is 0 Å². The quantitative estimate of drug-likeness (QED) is 0.591. The molecule has 0 aliphatic heterocycles. The minimum atomic E-state index is 0.657. The molecule has 0 fully saturated rings. The molecule has 0 aromatic heterocycles. The number of nitrogen functional groups attached to an aromatic ring is 2. The van der Waals surface area contributed by atoms with Crippen LogP contribution >= 0.6 is 0 Å². The van der Waals surface area contributed by atoms with Crippen molar-refractivity contribution in [3.05, 3.63) is 53.6 Å². The molecule has 4 N–H and O–H groups in total. The molecule has 0 saturated heterocycles. The van der Waals surface area contributed by atoms with E-state index in [9.17, 15) is 0 Å². The van der Waals surface area contributed by atoms with Gasteiger partial charge < -0.3 is 16.2 Å². The Balaban J connectivity index is 2.32.